The lowest BCUT2D eigenvalue weighted by atomic mass is 10.3. The molecule has 0 aliphatic heterocycles. The monoisotopic (exact) mass is 247 g/mol. The Balaban J connectivity index is 1.75. The van der Waals surface area contributed by atoms with E-state index in [1.165, 1.54) is 12.4 Å². The van der Waals surface area contributed by atoms with Gasteiger partial charge >= 0.3 is 0 Å². The van der Waals surface area contributed by atoms with Crippen molar-refractivity contribution < 1.29 is 4.79 Å². The van der Waals surface area contributed by atoms with Gasteiger partial charge < -0.3 is 11.1 Å². The van der Waals surface area contributed by atoms with Crippen LogP contribution in [0.1, 0.15) is 22.7 Å². The molecule has 8 nitrogen and oxygen atoms in total. The van der Waals surface area contributed by atoms with Gasteiger partial charge in [-0.25, -0.2) is 4.98 Å². The zero-order valence-electron chi connectivity index (χ0n) is 9.63. The first-order valence-corrected chi connectivity index (χ1v) is 5.47. The van der Waals surface area contributed by atoms with E-state index in [1.807, 2.05) is 0 Å². The van der Waals surface area contributed by atoms with Crippen LogP contribution < -0.4 is 11.1 Å². The van der Waals surface area contributed by atoms with Gasteiger partial charge in [0, 0.05) is 13.0 Å². The van der Waals surface area contributed by atoms with Crippen molar-refractivity contribution in [3.63, 3.8) is 0 Å². The van der Waals surface area contributed by atoms with Crippen molar-refractivity contribution >= 4 is 11.7 Å². The van der Waals surface area contributed by atoms with E-state index in [1.54, 1.807) is 6.07 Å². The Kier molecular flexibility index (Phi) is 3.79. The highest BCUT2D eigenvalue weighted by Crippen LogP contribution is 2.02. The van der Waals surface area contributed by atoms with Gasteiger partial charge in [0.25, 0.3) is 5.91 Å². The molecule has 4 N–H and O–H groups in total. The summed E-state index contributed by atoms with van der Waals surface area (Å²) in [7, 11) is 0. The van der Waals surface area contributed by atoms with Crippen LogP contribution in [-0.4, -0.2) is 37.8 Å². The van der Waals surface area contributed by atoms with E-state index >= 15 is 0 Å². The first-order valence-electron chi connectivity index (χ1n) is 5.47. The highest BCUT2D eigenvalue weighted by molar-refractivity contribution is 5.90. The van der Waals surface area contributed by atoms with Crippen molar-refractivity contribution in [2.24, 2.45) is 5.73 Å². The molecule has 2 aromatic rings. The number of amides is 1. The minimum absolute atomic E-state index is 0.155. The lowest BCUT2D eigenvalue weighted by Gasteiger charge is -2.03. The van der Waals surface area contributed by atoms with Gasteiger partial charge in [0.2, 0.25) is 0 Å². The van der Waals surface area contributed by atoms with Crippen LogP contribution in [0.3, 0.4) is 0 Å². The van der Waals surface area contributed by atoms with Gasteiger partial charge in [0.15, 0.2) is 5.69 Å². The molecule has 1 amide bonds. The number of hydrogen-bond acceptors (Lipinski definition) is 6. The van der Waals surface area contributed by atoms with E-state index in [-0.39, 0.29) is 5.69 Å². The maximum absolute atomic E-state index is 10.8. The van der Waals surface area contributed by atoms with Gasteiger partial charge in [0.05, 0.1) is 0 Å². The standard InChI is InChI=1S/C10H13N7O/c11-10(18)7-3-4-9(17-15-7)12-5-1-2-8-13-6-14-16-8/h3-4,6H,1-2,5H2,(H2,11,18)(H,12,17)(H,13,14,16). The summed E-state index contributed by atoms with van der Waals surface area (Å²) < 4.78 is 0. The molecule has 0 spiro atoms. The van der Waals surface area contributed by atoms with E-state index in [0.29, 0.717) is 5.82 Å². The molecule has 0 fully saturated rings. The normalized spacial score (nSPS) is 10.2. The van der Waals surface area contributed by atoms with Crippen LogP contribution >= 0.6 is 0 Å². The van der Waals surface area contributed by atoms with Crippen LogP contribution in [0.15, 0.2) is 18.5 Å². The maximum atomic E-state index is 10.8. The van der Waals surface area contributed by atoms with Crippen LogP contribution in [0.2, 0.25) is 0 Å². The van der Waals surface area contributed by atoms with E-state index in [0.717, 1.165) is 25.2 Å². The topological polar surface area (TPSA) is 122 Å². The van der Waals surface area contributed by atoms with Crippen LogP contribution in [0.25, 0.3) is 0 Å². The fraction of sp³-hybridized carbons (Fsp3) is 0.300. The summed E-state index contributed by atoms with van der Waals surface area (Å²) in [6.07, 6.45) is 3.17. The van der Waals surface area contributed by atoms with Gasteiger partial charge in [-0.05, 0) is 18.6 Å². The fourth-order valence-electron chi connectivity index (χ4n) is 1.38. The molecule has 94 valence electrons. The summed E-state index contributed by atoms with van der Waals surface area (Å²) in [4.78, 5) is 14.8. The highest BCUT2D eigenvalue weighted by atomic mass is 16.1. The summed E-state index contributed by atoms with van der Waals surface area (Å²) >= 11 is 0. The average molecular weight is 247 g/mol. The van der Waals surface area contributed by atoms with Gasteiger partial charge in [0.1, 0.15) is 18.0 Å². The Labute approximate surface area is 103 Å². The van der Waals surface area contributed by atoms with Crippen molar-refractivity contribution in [2.75, 3.05) is 11.9 Å². The Morgan fingerprint density at radius 3 is 2.89 bits per heavy atom. The van der Waals surface area contributed by atoms with Crippen LogP contribution in [-0.2, 0) is 6.42 Å². The zero-order valence-corrected chi connectivity index (χ0v) is 9.63. The fourth-order valence-corrected chi connectivity index (χ4v) is 1.38. The maximum Gasteiger partial charge on any atom is 0.269 e. The van der Waals surface area contributed by atoms with E-state index in [4.69, 9.17) is 5.73 Å². The molecule has 0 aliphatic carbocycles. The van der Waals surface area contributed by atoms with Gasteiger partial charge in [-0.2, -0.15) is 5.10 Å². The molecule has 8 heteroatoms. The van der Waals surface area contributed by atoms with Gasteiger partial charge in [-0.3, -0.25) is 9.89 Å². The molecule has 0 atom stereocenters. The third-order valence-corrected chi connectivity index (χ3v) is 2.28. The molecule has 0 saturated heterocycles. The number of nitrogens with zero attached hydrogens (tertiary/aromatic N) is 4. The quantitative estimate of drug-likeness (QED) is 0.604. The third-order valence-electron chi connectivity index (χ3n) is 2.28. The number of H-pyrrole nitrogens is 1. The predicted molar refractivity (Wildman–Crippen MR) is 63.7 cm³/mol. The largest absolute Gasteiger partial charge is 0.369 e. The minimum Gasteiger partial charge on any atom is -0.369 e. The summed E-state index contributed by atoms with van der Waals surface area (Å²) in [5.74, 6) is 0.879. The number of carbonyl (C=O) groups is 1. The summed E-state index contributed by atoms with van der Waals surface area (Å²) in [6, 6.07) is 3.20. The second-order valence-electron chi connectivity index (χ2n) is 3.63. The molecule has 2 heterocycles. The van der Waals surface area contributed by atoms with Gasteiger partial charge in [-0.15, -0.1) is 10.2 Å². The van der Waals surface area contributed by atoms with Crippen LogP contribution in [0.4, 0.5) is 5.82 Å². The van der Waals surface area contributed by atoms with E-state index in [9.17, 15) is 4.79 Å². The van der Waals surface area contributed by atoms with E-state index in [2.05, 4.69) is 30.7 Å². The smallest absolute Gasteiger partial charge is 0.269 e. The number of rotatable bonds is 6. The number of aryl methyl sites for hydroxylation is 1. The number of nitrogens with two attached hydrogens (primary N) is 1. The molecule has 18 heavy (non-hydrogen) atoms. The van der Waals surface area contributed by atoms with Crippen LogP contribution in [0, 0.1) is 0 Å². The van der Waals surface area contributed by atoms with Crippen molar-refractivity contribution in [1.29, 1.82) is 0 Å². The first kappa shape index (κ1) is 12.0. The second kappa shape index (κ2) is 5.71. The Morgan fingerprint density at radius 2 is 2.28 bits per heavy atom. The van der Waals surface area contributed by atoms with Crippen molar-refractivity contribution in [3.05, 3.63) is 30.0 Å². The summed E-state index contributed by atoms with van der Waals surface area (Å²) in [5.41, 5.74) is 5.22. The lowest BCUT2D eigenvalue weighted by molar-refractivity contribution is 0.0994. The molecule has 0 bridgehead atoms. The number of anilines is 1. The number of primary amides is 1. The molecule has 2 rings (SSSR count). The lowest BCUT2D eigenvalue weighted by Crippen LogP contribution is -2.14. The van der Waals surface area contributed by atoms with E-state index < -0.39 is 5.91 Å². The number of aromatic amines is 1. The average Bonchev–Trinajstić information content (AvgIpc) is 2.88. The highest BCUT2D eigenvalue weighted by Gasteiger charge is 2.02. The molecule has 0 unspecified atom stereocenters. The molecular weight excluding hydrogens is 234 g/mol. The predicted octanol–water partition coefficient (Wildman–Crippen LogP) is -0.262. The van der Waals surface area contributed by atoms with Gasteiger partial charge in [-0.1, -0.05) is 0 Å². The molecule has 2 aromatic heterocycles. The van der Waals surface area contributed by atoms with Crippen LogP contribution in [0.5, 0.6) is 0 Å². The Morgan fingerprint density at radius 1 is 1.39 bits per heavy atom. The summed E-state index contributed by atoms with van der Waals surface area (Å²) in [6.45, 7) is 0.727. The SMILES string of the molecule is NC(=O)c1ccc(NCCCc2ncn[nH]2)nn1. The number of hydrogen-bond donors (Lipinski definition) is 3. The number of carbonyl (C=O) groups excluding carboxylic acids is 1. The molecule has 0 aliphatic rings. The summed E-state index contributed by atoms with van der Waals surface area (Å²) in [5, 5.41) is 17.2. The zero-order chi connectivity index (χ0) is 12.8. The Hall–Kier alpha value is -2.51. The molecule has 0 radical (unpaired) electrons. The van der Waals surface area contributed by atoms with Crippen molar-refractivity contribution in [2.45, 2.75) is 12.8 Å². The molecule has 0 aromatic carbocycles. The third kappa shape index (κ3) is 3.24. The first-order chi connectivity index (χ1) is 8.75. The van der Waals surface area contributed by atoms with Crippen molar-refractivity contribution in [3.8, 4) is 0 Å². The number of nitrogens with one attached hydrogen (secondary N) is 2. The van der Waals surface area contributed by atoms with Crippen molar-refractivity contribution in [1.82, 2.24) is 25.4 Å². The number of aromatic nitrogens is 5. The Bertz CT molecular complexity index is 493. The molecular formula is C10H13N7O. The minimum atomic E-state index is -0.584. The second-order valence-corrected chi connectivity index (χ2v) is 3.63. The molecule has 0 saturated carbocycles.